The van der Waals surface area contributed by atoms with E-state index in [1.807, 2.05) is 0 Å². The highest BCUT2D eigenvalue weighted by Crippen LogP contribution is 2.18. The highest BCUT2D eigenvalue weighted by molar-refractivity contribution is 9.10. The summed E-state index contributed by atoms with van der Waals surface area (Å²) in [5.74, 6) is -0.269. The normalized spacial score (nSPS) is 9.81. The van der Waals surface area contributed by atoms with Gasteiger partial charge in [0.05, 0.1) is 11.3 Å². The van der Waals surface area contributed by atoms with Crippen LogP contribution in [0.4, 0.5) is 5.69 Å². The Balaban J connectivity index is 2.18. The Morgan fingerprint density at radius 1 is 1.31 bits per heavy atom. The topological polar surface area (TPSA) is 67.8 Å². The molecule has 0 aliphatic carbocycles. The zero-order valence-corrected chi connectivity index (χ0v) is 9.68. The molecule has 0 saturated carbocycles. The lowest BCUT2D eigenvalue weighted by atomic mass is 10.3. The molecule has 0 aliphatic heterocycles. The lowest BCUT2D eigenvalue weighted by Crippen LogP contribution is -2.13. The van der Waals surface area contributed by atoms with Gasteiger partial charge in [0.25, 0.3) is 5.91 Å². The van der Waals surface area contributed by atoms with E-state index in [2.05, 4.69) is 36.2 Å². The molecule has 0 unspecified atom stereocenters. The zero-order chi connectivity index (χ0) is 11.4. The molecule has 0 bridgehead atoms. The van der Waals surface area contributed by atoms with Gasteiger partial charge in [-0.25, -0.2) is 15.0 Å². The number of halogens is 1. The molecule has 0 spiro atoms. The maximum absolute atomic E-state index is 11.7. The third kappa shape index (κ3) is 2.40. The Labute approximate surface area is 100 Å². The summed E-state index contributed by atoms with van der Waals surface area (Å²) in [6.07, 6.45) is 5.90. The minimum absolute atomic E-state index is 0.269. The molecule has 0 aromatic carbocycles. The number of carbonyl (C=O) groups excluding carboxylic acids is 1. The Hall–Kier alpha value is -1.82. The largest absolute Gasteiger partial charge is 0.320 e. The number of nitrogens with one attached hydrogen (secondary N) is 1. The lowest BCUT2D eigenvalue weighted by Gasteiger charge is -2.05. The van der Waals surface area contributed by atoms with Gasteiger partial charge < -0.3 is 5.32 Å². The first-order valence-corrected chi connectivity index (χ1v) is 5.23. The summed E-state index contributed by atoms with van der Waals surface area (Å²) < 4.78 is 0.584. The van der Waals surface area contributed by atoms with E-state index in [0.29, 0.717) is 15.9 Å². The zero-order valence-electron chi connectivity index (χ0n) is 8.09. The van der Waals surface area contributed by atoms with Crippen LogP contribution >= 0.6 is 15.9 Å². The third-order valence-corrected chi connectivity index (χ3v) is 2.46. The molecular formula is C10H7BrN4O. The van der Waals surface area contributed by atoms with Crippen molar-refractivity contribution in [2.45, 2.75) is 0 Å². The van der Waals surface area contributed by atoms with Gasteiger partial charge in [-0.05, 0) is 28.1 Å². The van der Waals surface area contributed by atoms with E-state index in [0.717, 1.165) is 0 Å². The molecule has 0 radical (unpaired) electrons. The number of rotatable bonds is 2. The van der Waals surface area contributed by atoms with Gasteiger partial charge >= 0.3 is 0 Å². The average molecular weight is 279 g/mol. The van der Waals surface area contributed by atoms with Crippen molar-refractivity contribution in [2.75, 3.05) is 5.32 Å². The smallest absolute Gasteiger partial charge is 0.258 e. The van der Waals surface area contributed by atoms with Crippen molar-refractivity contribution in [1.29, 1.82) is 0 Å². The Morgan fingerprint density at radius 3 is 2.75 bits per heavy atom. The molecule has 1 N–H and O–H groups in total. The van der Waals surface area contributed by atoms with E-state index in [9.17, 15) is 4.79 Å². The van der Waals surface area contributed by atoms with Gasteiger partial charge in [-0.3, -0.25) is 4.79 Å². The lowest BCUT2D eigenvalue weighted by molar-refractivity contribution is 0.102. The Kier molecular flexibility index (Phi) is 3.21. The van der Waals surface area contributed by atoms with Crippen molar-refractivity contribution < 1.29 is 4.79 Å². The third-order valence-electron chi connectivity index (χ3n) is 1.83. The van der Waals surface area contributed by atoms with Crippen LogP contribution in [0.25, 0.3) is 0 Å². The number of nitrogens with zero attached hydrogens (tertiary/aromatic N) is 3. The predicted molar refractivity (Wildman–Crippen MR) is 61.9 cm³/mol. The molecule has 6 heteroatoms. The van der Waals surface area contributed by atoms with E-state index in [1.54, 1.807) is 18.3 Å². The molecule has 2 aromatic heterocycles. The van der Waals surface area contributed by atoms with Crippen LogP contribution in [0.2, 0.25) is 0 Å². The summed E-state index contributed by atoms with van der Waals surface area (Å²) in [4.78, 5) is 23.3. The van der Waals surface area contributed by atoms with Crippen molar-refractivity contribution in [2.24, 2.45) is 0 Å². The SMILES string of the molecule is O=C(Nc1cccnc1Br)c1cncnc1. The van der Waals surface area contributed by atoms with Gasteiger partial charge in [-0.2, -0.15) is 0 Å². The molecule has 1 amide bonds. The van der Waals surface area contributed by atoms with Gasteiger partial charge in [-0.15, -0.1) is 0 Å². The second-order valence-electron chi connectivity index (χ2n) is 2.92. The molecule has 2 aromatic rings. The molecular weight excluding hydrogens is 272 g/mol. The van der Waals surface area contributed by atoms with Crippen molar-refractivity contribution >= 4 is 27.5 Å². The van der Waals surface area contributed by atoms with Crippen molar-refractivity contribution in [3.63, 3.8) is 0 Å². The van der Waals surface area contributed by atoms with Gasteiger partial charge in [0.15, 0.2) is 0 Å². The maximum Gasteiger partial charge on any atom is 0.258 e. The quantitative estimate of drug-likeness (QED) is 0.852. The number of pyridine rings is 1. The molecule has 2 heterocycles. The average Bonchev–Trinajstić information content (AvgIpc) is 2.33. The summed E-state index contributed by atoms with van der Waals surface area (Å²) in [6.45, 7) is 0. The first-order valence-electron chi connectivity index (χ1n) is 4.44. The summed E-state index contributed by atoms with van der Waals surface area (Å²) in [5, 5.41) is 2.70. The highest BCUT2D eigenvalue weighted by atomic mass is 79.9. The minimum Gasteiger partial charge on any atom is -0.320 e. The Bertz CT molecular complexity index is 503. The monoisotopic (exact) mass is 278 g/mol. The standard InChI is InChI=1S/C10H7BrN4O/c11-9-8(2-1-3-14-9)15-10(16)7-4-12-6-13-5-7/h1-6H,(H,15,16). The van der Waals surface area contributed by atoms with Gasteiger partial charge in [0, 0.05) is 18.6 Å². The molecule has 0 fully saturated rings. The summed E-state index contributed by atoms with van der Waals surface area (Å²) in [5.41, 5.74) is 1.01. The maximum atomic E-state index is 11.7. The van der Waals surface area contributed by atoms with Crippen LogP contribution in [0.5, 0.6) is 0 Å². The van der Waals surface area contributed by atoms with Crippen molar-refractivity contribution in [3.8, 4) is 0 Å². The molecule has 0 aliphatic rings. The van der Waals surface area contributed by atoms with Gasteiger partial charge in [-0.1, -0.05) is 0 Å². The van der Waals surface area contributed by atoms with E-state index >= 15 is 0 Å². The number of hydrogen-bond acceptors (Lipinski definition) is 4. The first-order chi connectivity index (χ1) is 7.77. The Morgan fingerprint density at radius 2 is 2.06 bits per heavy atom. The van der Waals surface area contributed by atoms with Gasteiger partial charge in [0.2, 0.25) is 0 Å². The van der Waals surface area contributed by atoms with Gasteiger partial charge in [0.1, 0.15) is 10.9 Å². The van der Waals surface area contributed by atoms with Crippen LogP contribution in [0.15, 0.2) is 41.7 Å². The first kappa shape index (κ1) is 10.7. The fraction of sp³-hybridized carbons (Fsp3) is 0. The van der Waals surface area contributed by atoms with Crippen LogP contribution in [-0.2, 0) is 0 Å². The fourth-order valence-corrected chi connectivity index (χ4v) is 1.44. The summed E-state index contributed by atoms with van der Waals surface area (Å²) in [7, 11) is 0. The number of carbonyl (C=O) groups is 1. The van der Waals surface area contributed by atoms with Crippen LogP contribution < -0.4 is 5.32 Å². The van der Waals surface area contributed by atoms with E-state index in [-0.39, 0.29) is 5.91 Å². The molecule has 0 atom stereocenters. The van der Waals surface area contributed by atoms with E-state index in [1.165, 1.54) is 18.7 Å². The van der Waals surface area contributed by atoms with Crippen molar-refractivity contribution in [3.05, 3.63) is 47.2 Å². The van der Waals surface area contributed by atoms with E-state index in [4.69, 9.17) is 0 Å². The van der Waals surface area contributed by atoms with E-state index < -0.39 is 0 Å². The molecule has 0 saturated heterocycles. The predicted octanol–water partition coefficient (Wildman–Crippen LogP) is 1.89. The van der Waals surface area contributed by atoms with Crippen LogP contribution in [-0.4, -0.2) is 20.9 Å². The second kappa shape index (κ2) is 4.80. The second-order valence-corrected chi connectivity index (χ2v) is 3.67. The molecule has 16 heavy (non-hydrogen) atoms. The highest BCUT2D eigenvalue weighted by Gasteiger charge is 2.08. The van der Waals surface area contributed by atoms with Crippen LogP contribution in [0.3, 0.4) is 0 Å². The van der Waals surface area contributed by atoms with Crippen molar-refractivity contribution in [1.82, 2.24) is 15.0 Å². The summed E-state index contributed by atoms with van der Waals surface area (Å²) in [6, 6.07) is 3.49. The number of hydrogen-bond donors (Lipinski definition) is 1. The molecule has 2 rings (SSSR count). The van der Waals surface area contributed by atoms with Crippen LogP contribution in [0, 0.1) is 0 Å². The molecule has 5 nitrogen and oxygen atoms in total. The number of anilines is 1. The van der Waals surface area contributed by atoms with Crippen LogP contribution in [0.1, 0.15) is 10.4 Å². The molecule has 80 valence electrons. The summed E-state index contributed by atoms with van der Waals surface area (Å²) >= 11 is 3.24. The fourth-order valence-electron chi connectivity index (χ4n) is 1.09. The number of aromatic nitrogens is 3. The number of amides is 1. The minimum atomic E-state index is -0.269.